The number of hydrogen-bond acceptors (Lipinski definition) is 3. The Labute approximate surface area is 143 Å². The quantitative estimate of drug-likeness (QED) is 0.724. The molecule has 0 aliphatic carbocycles. The Kier molecular flexibility index (Phi) is 4.70. The van der Waals surface area contributed by atoms with Gasteiger partial charge in [0.2, 0.25) is 0 Å². The third-order valence-corrected chi connectivity index (χ3v) is 3.97. The van der Waals surface area contributed by atoms with Gasteiger partial charge in [-0.25, -0.2) is 0 Å². The molecule has 0 bridgehead atoms. The van der Waals surface area contributed by atoms with Gasteiger partial charge in [-0.2, -0.15) is 0 Å². The second-order valence-corrected chi connectivity index (χ2v) is 5.98. The number of aryl methyl sites for hydroxylation is 2. The Bertz CT molecular complexity index is 786. The highest BCUT2D eigenvalue weighted by atomic mass is 16.4. The summed E-state index contributed by atoms with van der Waals surface area (Å²) in [7, 11) is -1.45. The number of anilines is 3. The molecular weight excluding hydrogens is 297 g/mol. The molecule has 4 heteroatoms. The summed E-state index contributed by atoms with van der Waals surface area (Å²) in [6.45, 7) is 4.15. The van der Waals surface area contributed by atoms with Crippen molar-refractivity contribution in [3.05, 3.63) is 83.9 Å². The van der Waals surface area contributed by atoms with Gasteiger partial charge in [0.15, 0.2) is 0 Å². The summed E-state index contributed by atoms with van der Waals surface area (Å²) >= 11 is 0. The summed E-state index contributed by atoms with van der Waals surface area (Å²) in [5, 5.41) is 18.6. The van der Waals surface area contributed by atoms with Crippen LogP contribution >= 0.6 is 0 Å². The van der Waals surface area contributed by atoms with Crippen LogP contribution in [0.15, 0.2) is 72.8 Å². The van der Waals surface area contributed by atoms with E-state index in [9.17, 15) is 10.0 Å². The number of hydrogen-bond donors (Lipinski definition) is 2. The molecule has 3 aromatic rings. The fraction of sp³-hybridized carbons (Fsp3) is 0.100. The van der Waals surface area contributed by atoms with Crippen molar-refractivity contribution in [2.24, 2.45) is 0 Å². The zero-order chi connectivity index (χ0) is 17.1. The van der Waals surface area contributed by atoms with Crippen molar-refractivity contribution in [3.8, 4) is 0 Å². The lowest BCUT2D eigenvalue weighted by atomic mass is 9.80. The average Bonchev–Trinajstić information content (AvgIpc) is 2.56. The Hall–Kier alpha value is -2.56. The standard InChI is InChI=1S/C20H20BNO2/c1-15-5-3-7-19(13-15)22(20-8-4-6-16(2)14-20)18-11-9-17(10-12-18)21(23)24/h3-14,23-24H,1-2H3. The predicted molar refractivity (Wildman–Crippen MR) is 100 cm³/mol. The van der Waals surface area contributed by atoms with Crippen molar-refractivity contribution in [3.63, 3.8) is 0 Å². The first-order chi connectivity index (χ1) is 11.5. The van der Waals surface area contributed by atoms with Gasteiger partial charge >= 0.3 is 7.12 Å². The van der Waals surface area contributed by atoms with Gasteiger partial charge in [-0.3, -0.25) is 0 Å². The Morgan fingerprint density at radius 1 is 0.667 bits per heavy atom. The molecule has 3 rings (SSSR count). The molecule has 0 aliphatic heterocycles. The van der Waals surface area contributed by atoms with Crippen molar-refractivity contribution < 1.29 is 10.0 Å². The molecule has 0 atom stereocenters. The van der Waals surface area contributed by atoms with Crippen LogP contribution in [0, 0.1) is 13.8 Å². The fourth-order valence-electron chi connectivity index (χ4n) is 2.78. The largest absolute Gasteiger partial charge is 0.488 e. The van der Waals surface area contributed by atoms with E-state index < -0.39 is 7.12 Å². The highest BCUT2D eigenvalue weighted by Gasteiger charge is 2.15. The third kappa shape index (κ3) is 3.50. The number of nitrogens with zero attached hydrogens (tertiary/aromatic N) is 1. The van der Waals surface area contributed by atoms with Crippen LogP contribution in [-0.2, 0) is 0 Å². The molecular formula is C20H20BNO2. The molecule has 0 heterocycles. The molecule has 0 spiro atoms. The molecule has 0 unspecified atom stereocenters. The first kappa shape index (κ1) is 16.3. The monoisotopic (exact) mass is 317 g/mol. The molecule has 0 fully saturated rings. The summed E-state index contributed by atoms with van der Waals surface area (Å²) in [6, 6.07) is 23.9. The molecule has 0 saturated heterocycles. The van der Waals surface area contributed by atoms with Crippen LogP contribution < -0.4 is 10.4 Å². The zero-order valence-electron chi connectivity index (χ0n) is 13.8. The van der Waals surface area contributed by atoms with Gasteiger partial charge in [0.25, 0.3) is 0 Å². The lowest BCUT2D eigenvalue weighted by molar-refractivity contribution is 0.426. The van der Waals surface area contributed by atoms with Crippen LogP contribution in [0.5, 0.6) is 0 Å². The van der Waals surface area contributed by atoms with Gasteiger partial charge < -0.3 is 14.9 Å². The predicted octanol–water partition coefficient (Wildman–Crippen LogP) is 3.45. The molecule has 3 nitrogen and oxygen atoms in total. The summed E-state index contributed by atoms with van der Waals surface area (Å²) in [5.41, 5.74) is 5.96. The van der Waals surface area contributed by atoms with Crippen molar-refractivity contribution in [1.29, 1.82) is 0 Å². The molecule has 0 aromatic heterocycles. The normalized spacial score (nSPS) is 10.5. The molecule has 2 N–H and O–H groups in total. The summed E-state index contributed by atoms with van der Waals surface area (Å²) in [5.74, 6) is 0. The highest BCUT2D eigenvalue weighted by molar-refractivity contribution is 6.58. The van der Waals surface area contributed by atoms with E-state index >= 15 is 0 Å². The fourth-order valence-corrected chi connectivity index (χ4v) is 2.78. The van der Waals surface area contributed by atoms with Crippen molar-refractivity contribution in [2.45, 2.75) is 13.8 Å². The number of benzene rings is 3. The van der Waals surface area contributed by atoms with Crippen LogP contribution in [0.25, 0.3) is 0 Å². The van der Waals surface area contributed by atoms with Crippen LogP contribution in [-0.4, -0.2) is 17.2 Å². The Morgan fingerprint density at radius 2 is 1.17 bits per heavy atom. The maximum absolute atomic E-state index is 9.30. The van der Waals surface area contributed by atoms with Crippen LogP contribution in [0.4, 0.5) is 17.1 Å². The van der Waals surface area contributed by atoms with Gasteiger partial charge in [-0.05, 0) is 66.8 Å². The molecule has 3 aromatic carbocycles. The third-order valence-electron chi connectivity index (χ3n) is 3.97. The summed E-state index contributed by atoms with van der Waals surface area (Å²) in [4.78, 5) is 2.16. The topological polar surface area (TPSA) is 43.7 Å². The van der Waals surface area contributed by atoms with E-state index in [2.05, 4.69) is 55.1 Å². The minimum atomic E-state index is -1.45. The van der Waals surface area contributed by atoms with Gasteiger partial charge in [0, 0.05) is 17.1 Å². The molecule has 0 amide bonds. The van der Waals surface area contributed by atoms with Crippen LogP contribution in [0.1, 0.15) is 11.1 Å². The first-order valence-corrected chi connectivity index (χ1v) is 7.94. The maximum Gasteiger partial charge on any atom is 0.488 e. The number of rotatable bonds is 4. The summed E-state index contributed by atoms with van der Waals surface area (Å²) in [6.07, 6.45) is 0. The van der Waals surface area contributed by atoms with Gasteiger partial charge in [-0.1, -0.05) is 36.4 Å². The lowest BCUT2D eigenvalue weighted by Crippen LogP contribution is -2.29. The maximum atomic E-state index is 9.30. The van der Waals surface area contributed by atoms with Crippen LogP contribution in [0.3, 0.4) is 0 Å². The second-order valence-electron chi connectivity index (χ2n) is 5.98. The molecule has 120 valence electrons. The van der Waals surface area contributed by atoms with Gasteiger partial charge in [-0.15, -0.1) is 0 Å². The van der Waals surface area contributed by atoms with Crippen LogP contribution in [0.2, 0.25) is 0 Å². The van der Waals surface area contributed by atoms with E-state index in [1.807, 2.05) is 24.3 Å². The average molecular weight is 317 g/mol. The van der Waals surface area contributed by atoms with Crippen molar-refractivity contribution in [2.75, 3.05) is 4.90 Å². The minimum Gasteiger partial charge on any atom is -0.423 e. The highest BCUT2D eigenvalue weighted by Crippen LogP contribution is 2.34. The molecule has 0 aliphatic rings. The molecule has 0 saturated carbocycles. The summed E-state index contributed by atoms with van der Waals surface area (Å²) < 4.78 is 0. The SMILES string of the molecule is Cc1cccc(N(c2ccc(B(O)O)cc2)c2cccc(C)c2)c1. The lowest BCUT2D eigenvalue weighted by Gasteiger charge is -2.26. The van der Waals surface area contributed by atoms with Crippen molar-refractivity contribution >= 4 is 29.6 Å². The van der Waals surface area contributed by atoms with E-state index in [1.54, 1.807) is 12.1 Å². The Morgan fingerprint density at radius 3 is 1.58 bits per heavy atom. The first-order valence-electron chi connectivity index (χ1n) is 7.94. The van der Waals surface area contributed by atoms with E-state index in [1.165, 1.54) is 11.1 Å². The van der Waals surface area contributed by atoms with E-state index in [4.69, 9.17) is 0 Å². The second kappa shape index (κ2) is 6.91. The van der Waals surface area contributed by atoms with E-state index in [0.717, 1.165) is 17.1 Å². The van der Waals surface area contributed by atoms with Crippen molar-refractivity contribution in [1.82, 2.24) is 0 Å². The van der Waals surface area contributed by atoms with E-state index in [0.29, 0.717) is 5.46 Å². The Balaban J connectivity index is 2.11. The smallest absolute Gasteiger partial charge is 0.423 e. The zero-order valence-corrected chi connectivity index (χ0v) is 13.8. The van der Waals surface area contributed by atoms with Gasteiger partial charge in [0.05, 0.1) is 0 Å². The van der Waals surface area contributed by atoms with Gasteiger partial charge in [0.1, 0.15) is 0 Å². The molecule has 24 heavy (non-hydrogen) atoms. The molecule has 0 radical (unpaired) electrons. The van der Waals surface area contributed by atoms with E-state index in [-0.39, 0.29) is 0 Å². The minimum absolute atomic E-state index is 0.479.